The third-order valence-electron chi connectivity index (χ3n) is 3.90. The quantitative estimate of drug-likeness (QED) is 0.735. The van der Waals surface area contributed by atoms with Gasteiger partial charge in [-0.05, 0) is 30.4 Å². The van der Waals surface area contributed by atoms with Crippen LogP contribution >= 0.6 is 11.3 Å². The maximum Gasteiger partial charge on any atom is 0.314 e. The van der Waals surface area contributed by atoms with Gasteiger partial charge < -0.3 is 16.4 Å². The Labute approximate surface area is 143 Å². The van der Waals surface area contributed by atoms with Crippen molar-refractivity contribution < 1.29 is 14.4 Å². The van der Waals surface area contributed by atoms with Crippen LogP contribution in [0.5, 0.6) is 0 Å². The Hall–Kier alpha value is -2.67. The summed E-state index contributed by atoms with van der Waals surface area (Å²) < 4.78 is 0. The summed E-state index contributed by atoms with van der Waals surface area (Å²) in [5.74, 6) is -2.12. The first-order chi connectivity index (χ1) is 11.6. The van der Waals surface area contributed by atoms with Gasteiger partial charge in [-0.15, -0.1) is 11.3 Å². The first-order valence-electron chi connectivity index (χ1n) is 7.63. The fourth-order valence-corrected chi connectivity index (χ4v) is 4.06. The number of aryl methyl sites for hydroxylation is 1. The summed E-state index contributed by atoms with van der Waals surface area (Å²) >= 11 is 1.32. The molecule has 0 bridgehead atoms. The number of rotatable bonds is 4. The van der Waals surface area contributed by atoms with Crippen molar-refractivity contribution in [2.75, 3.05) is 5.32 Å². The van der Waals surface area contributed by atoms with Crippen LogP contribution < -0.4 is 16.4 Å². The van der Waals surface area contributed by atoms with Crippen molar-refractivity contribution in [3.8, 4) is 0 Å². The molecule has 0 aliphatic heterocycles. The van der Waals surface area contributed by atoms with Crippen LogP contribution in [0.25, 0.3) is 0 Å². The lowest BCUT2D eigenvalue weighted by molar-refractivity contribution is -0.136. The van der Waals surface area contributed by atoms with Gasteiger partial charge in [0.05, 0.1) is 5.56 Å². The summed E-state index contributed by atoms with van der Waals surface area (Å²) in [6.45, 7) is 0.261. The van der Waals surface area contributed by atoms with Crippen LogP contribution in [0.4, 0.5) is 5.00 Å². The zero-order chi connectivity index (χ0) is 17.1. The molecule has 24 heavy (non-hydrogen) atoms. The van der Waals surface area contributed by atoms with Crippen molar-refractivity contribution in [1.29, 1.82) is 0 Å². The molecule has 1 aliphatic carbocycles. The molecular formula is C17H17N3O3S. The number of primary amides is 1. The van der Waals surface area contributed by atoms with E-state index < -0.39 is 17.7 Å². The summed E-state index contributed by atoms with van der Waals surface area (Å²) in [5, 5.41) is 5.45. The van der Waals surface area contributed by atoms with Crippen LogP contribution in [0.15, 0.2) is 30.3 Å². The zero-order valence-corrected chi connectivity index (χ0v) is 13.7. The van der Waals surface area contributed by atoms with Crippen LogP contribution in [-0.2, 0) is 29.0 Å². The molecule has 0 spiro atoms. The predicted molar refractivity (Wildman–Crippen MR) is 91.8 cm³/mol. The fraction of sp³-hybridized carbons (Fsp3) is 0.235. The molecule has 0 unspecified atom stereocenters. The summed E-state index contributed by atoms with van der Waals surface area (Å²) in [4.78, 5) is 36.8. The van der Waals surface area contributed by atoms with E-state index in [2.05, 4.69) is 10.6 Å². The van der Waals surface area contributed by atoms with Gasteiger partial charge in [0.2, 0.25) is 0 Å². The number of carbonyl (C=O) groups excluding carboxylic acids is 3. The SMILES string of the molecule is NC(=O)c1c(NC(=O)C(=O)NCc2ccccc2)sc2c1CCC2. The molecule has 0 fully saturated rings. The highest BCUT2D eigenvalue weighted by Gasteiger charge is 2.27. The molecule has 2 aromatic rings. The molecule has 7 heteroatoms. The number of benzene rings is 1. The predicted octanol–water partition coefficient (Wildman–Crippen LogP) is 1.59. The first-order valence-corrected chi connectivity index (χ1v) is 8.45. The van der Waals surface area contributed by atoms with Crippen molar-refractivity contribution in [2.45, 2.75) is 25.8 Å². The molecule has 124 valence electrons. The molecule has 6 nitrogen and oxygen atoms in total. The Morgan fingerprint density at radius 3 is 2.54 bits per heavy atom. The number of nitrogens with one attached hydrogen (secondary N) is 2. The standard InChI is InChI=1S/C17H17N3O3S/c18-14(21)13-11-7-4-8-12(11)24-17(13)20-16(23)15(22)19-9-10-5-2-1-3-6-10/h1-3,5-6H,4,7-9H2,(H2,18,21)(H,19,22)(H,20,23). The number of nitrogens with two attached hydrogens (primary N) is 1. The van der Waals surface area contributed by atoms with E-state index in [1.165, 1.54) is 11.3 Å². The number of fused-ring (bicyclic) bond motifs is 1. The van der Waals surface area contributed by atoms with Crippen molar-refractivity contribution >= 4 is 34.1 Å². The van der Waals surface area contributed by atoms with E-state index in [1.54, 1.807) is 0 Å². The minimum absolute atomic E-state index is 0.261. The molecular weight excluding hydrogens is 326 g/mol. The van der Waals surface area contributed by atoms with E-state index in [1.807, 2.05) is 30.3 Å². The zero-order valence-electron chi connectivity index (χ0n) is 12.9. The second kappa shape index (κ2) is 6.84. The van der Waals surface area contributed by atoms with Crippen molar-refractivity contribution in [1.82, 2.24) is 5.32 Å². The van der Waals surface area contributed by atoms with Crippen molar-refractivity contribution in [2.24, 2.45) is 5.73 Å². The molecule has 3 amide bonds. The van der Waals surface area contributed by atoms with Crippen LogP contribution in [0.2, 0.25) is 0 Å². The van der Waals surface area contributed by atoms with Crippen LogP contribution in [-0.4, -0.2) is 17.7 Å². The van der Waals surface area contributed by atoms with Gasteiger partial charge in [0.1, 0.15) is 5.00 Å². The van der Waals surface area contributed by atoms with Crippen molar-refractivity contribution in [3.63, 3.8) is 0 Å². The Kier molecular flexibility index (Phi) is 4.61. The largest absolute Gasteiger partial charge is 0.365 e. The Morgan fingerprint density at radius 1 is 1.08 bits per heavy atom. The number of amides is 3. The van der Waals surface area contributed by atoms with E-state index in [0.717, 1.165) is 35.3 Å². The third kappa shape index (κ3) is 3.30. The van der Waals surface area contributed by atoms with Crippen LogP contribution in [0.3, 0.4) is 0 Å². The van der Waals surface area contributed by atoms with Crippen LogP contribution in [0.1, 0.15) is 32.8 Å². The Balaban J connectivity index is 1.66. The van der Waals surface area contributed by atoms with E-state index in [9.17, 15) is 14.4 Å². The van der Waals surface area contributed by atoms with Gasteiger partial charge in [-0.3, -0.25) is 14.4 Å². The molecule has 0 radical (unpaired) electrons. The summed E-state index contributed by atoms with van der Waals surface area (Å²) in [6, 6.07) is 9.29. The normalized spacial score (nSPS) is 12.5. The first kappa shape index (κ1) is 16.2. The van der Waals surface area contributed by atoms with E-state index >= 15 is 0 Å². The van der Waals surface area contributed by atoms with Gasteiger partial charge in [-0.2, -0.15) is 0 Å². The van der Waals surface area contributed by atoms with Crippen LogP contribution in [0, 0.1) is 0 Å². The van der Waals surface area contributed by atoms with Gasteiger partial charge in [0.25, 0.3) is 5.91 Å². The van der Waals surface area contributed by atoms with E-state index in [-0.39, 0.29) is 6.54 Å². The van der Waals surface area contributed by atoms with Gasteiger partial charge in [-0.1, -0.05) is 30.3 Å². The monoisotopic (exact) mass is 343 g/mol. The van der Waals surface area contributed by atoms with Gasteiger partial charge in [0.15, 0.2) is 0 Å². The summed E-state index contributed by atoms with van der Waals surface area (Å²) in [5.41, 5.74) is 7.58. The second-order valence-corrected chi connectivity index (χ2v) is 6.65. The third-order valence-corrected chi connectivity index (χ3v) is 5.10. The van der Waals surface area contributed by atoms with Gasteiger partial charge in [0, 0.05) is 11.4 Å². The molecule has 4 N–H and O–H groups in total. The molecule has 1 aromatic heterocycles. The number of anilines is 1. The number of hydrogen-bond acceptors (Lipinski definition) is 4. The smallest absolute Gasteiger partial charge is 0.314 e. The molecule has 1 aromatic carbocycles. The highest BCUT2D eigenvalue weighted by atomic mass is 32.1. The van der Waals surface area contributed by atoms with E-state index in [0.29, 0.717) is 10.6 Å². The number of thiophene rings is 1. The molecule has 1 heterocycles. The number of carbonyl (C=O) groups is 3. The fourth-order valence-electron chi connectivity index (χ4n) is 2.77. The van der Waals surface area contributed by atoms with E-state index in [4.69, 9.17) is 5.73 Å². The summed E-state index contributed by atoms with van der Waals surface area (Å²) in [6.07, 6.45) is 2.63. The average molecular weight is 343 g/mol. The Morgan fingerprint density at radius 2 is 1.83 bits per heavy atom. The highest BCUT2D eigenvalue weighted by Crippen LogP contribution is 2.38. The van der Waals surface area contributed by atoms with Gasteiger partial charge >= 0.3 is 11.8 Å². The minimum atomic E-state index is -0.798. The highest BCUT2D eigenvalue weighted by molar-refractivity contribution is 7.17. The average Bonchev–Trinajstić information content (AvgIpc) is 3.13. The molecule has 1 aliphatic rings. The molecule has 0 atom stereocenters. The topological polar surface area (TPSA) is 101 Å². The lowest BCUT2D eigenvalue weighted by Crippen LogP contribution is -2.35. The lowest BCUT2D eigenvalue weighted by Gasteiger charge is -2.07. The molecule has 0 saturated heterocycles. The Bertz CT molecular complexity index is 799. The maximum atomic E-state index is 12.1. The second-order valence-electron chi connectivity index (χ2n) is 5.55. The number of hydrogen-bond donors (Lipinski definition) is 3. The minimum Gasteiger partial charge on any atom is -0.365 e. The molecule has 0 saturated carbocycles. The van der Waals surface area contributed by atoms with Gasteiger partial charge in [-0.25, -0.2) is 0 Å². The summed E-state index contributed by atoms with van der Waals surface area (Å²) in [7, 11) is 0. The maximum absolute atomic E-state index is 12.1. The molecule has 3 rings (SSSR count). The van der Waals surface area contributed by atoms with Crippen molar-refractivity contribution in [3.05, 3.63) is 51.9 Å². The lowest BCUT2D eigenvalue weighted by atomic mass is 10.1.